The number of morpholine rings is 1. The molecule has 0 radical (unpaired) electrons. The third-order valence-corrected chi connectivity index (χ3v) is 4.67. The Morgan fingerprint density at radius 1 is 1.03 bits per heavy atom. The summed E-state index contributed by atoms with van der Waals surface area (Å²) in [4.78, 5) is 23.3. The van der Waals surface area contributed by atoms with Gasteiger partial charge in [0.05, 0.1) is 13.2 Å². The van der Waals surface area contributed by atoms with Crippen LogP contribution in [0.2, 0.25) is 0 Å². The summed E-state index contributed by atoms with van der Waals surface area (Å²) in [5.74, 6) is 2.75. The molecule has 4 rings (SSSR count). The van der Waals surface area contributed by atoms with Crippen molar-refractivity contribution in [3.8, 4) is 11.5 Å². The Morgan fingerprint density at radius 2 is 1.83 bits per heavy atom. The van der Waals surface area contributed by atoms with Crippen LogP contribution in [-0.4, -0.2) is 68.6 Å². The van der Waals surface area contributed by atoms with Gasteiger partial charge in [0.2, 0.25) is 5.95 Å². The summed E-state index contributed by atoms with van der Waals surface area (Å²) in [7, 11) is 0. The number of carbonyl (C=O) groups is 1. The zero-order chi connectivity index (χ0) is 20.8. The number of fused-ring (bicyclic) bond motifs is 1. The largest absolute Gasteiger partial charge is 0.486 e. The maximum absolute atomic E-state index is 12.1. The molecule has 2 aliphatic heterocycles. The van der Waals surface area contributed by atoms with Crippen molar-refractivity contribution in [1.82, 2.24) is 15.3 Å². The van der Waals surface area contributed by atoms with Crippen LogP contribution in [0.4, 0.5) is 22.2 Å². The minimum absolute atomic E-state index is 0.298. The average molecular weight is 414 g/mol. The van der Waals surface area contributed by atoms with E-state index in [0.29, 0.717) is 62.7 Å². The highest BCUT2D eigenvalue weighted by Crippen LogP contribution is 2.32. The van der Waals surface area contributed by atoms with Gasteiger partial charge in [-0.1, -0.05) is 0 Å². The van der Waals surface area contributed by atoms with Gasteiger partial charge in [-0.2, -0.15) is 4.98 Å². The van der Waals surface area contributed by atoms with Crippen LogP contribution in [0.15, 0.2) is 24.3 Å². The topological polar surface area (TPSA) is 110 Å². The maximum atomic E-state index is 12.1. The Balaban J connectivity index is 1.24. The Morgan fingerprint density at radius 3 is 2.67 bits per heavy atom. The number of carbonyl (C=O) groups excluding carboxylic acids is 1. The number of amides is 2. The van der Waals surface area contributed by atoms with Gasteiger partial charge in [-0.25, -0.2) is 9.78 Å². The number of nitrogens with one attached hydrogen (secondary N) is 3. The van der Waals surface area contributed by atoms with Gasteiger partial charge in [0, 0.05) is 49.7 Å². The number of aryl methyl sites for hydroxylation is 1. The van der Waals surface area contributed by atoms with Gasteiger partial charge in [-0.05, 0) is 19.1 Å². The summed E-state index contributed by atoms with van der Waals surface area (Å²) >= 11 is 0. The molecule has 3 N–H and O–H groups in total. The molecular formula is C20H26N6O4. The number of hydrogen-bond donors (Lipinski definition) is 3. The predicted molar refractivity (Wildman–Crippen MR) is 113 cm³/mol. The molecule has 2 amide bonds. The molecule has 0 spiro atoms. The van der Waals surface area contributed by atoms with Crippen molar-refractivity contribution < 1.29 is 19.0 Å². The maximum Gasteiger partial charge on any atom is 0.319 e. The first-order chi connectivity index (χ1) is 14.7. The molecule has 1 saturated heterocycles. The third kappa shape index (κ3) is 5.20. The van der Waals surface area contributed by atoms with Crippen LogP contribution in [-0.2, 0) is 4.74 Å². The molecule has 0 saturated carbocycles. The summed E-state index contributed by atoms with van der Waals surface area (Å²) in [6, 6.07) is 6.98. The number of rotatable bonds is 6. The fourth-order valence-electron chi connectivity index (χ4n) is 3.23. The first-order valence-electron chi connectivity index (χ1n) is 10.0. The third-order valence-electron chi connectivity index (χ3n) is 4.67. The van der Waals surface area contributed by atoms with Crippen molar-refractivity contribution in [1.29, 1.82) is 0 Å². The molecule has 2 aliphatic rings. The summed E-state index contributed by atoms with van der Waals surface area (Å²) in [5, 5.41) is 8.76. The van der Waals surface area contributed by atoms with Gasteiger partial charge in [0.1, 0.15) is 19.0 Å². The van der Waals surface area contributed by atoms with Crippen LogP contribution in [0.25, 0.3) is 0 Å². The fraction of sp³-hybridized carbons (Fsp3) is 0.450. The number of aromatic nitrogens is 2. The molecule has 3 heterocycles. The van der Waals surface area contributed by atoms with Crippen LogP contribution in [0.5, 0.6) is 11.5 Å². The lowest BCUT2D eigenvalue weighted by atomic mass is 10.2. The van der Waals surface area contributed by atoms with Crippen LogP contribution in [0.1, 0.15) is 5.69 Å². The highest BCUT2D eigenvalue weighted by atomic mass is 16.6. The Labute approximate surface area is 174 Å². The summed E-state index contributed by atoms with van der Waals surface area (Å²) < 4.78 is 16.4. The van der Waals surface area contributed by atoms with Crippen molar-refractivity contribution in [2.24, 2.45) is 0 Å². The zero-order valence-corrected chi connectivity index (χ0v) is 16.9. The minimum Gasteiger partial charge on any atom is -0.486 e. The van der Waals surface area contributed by atoms with Crippen molar-refractivity contribution in [2.45, 2.75) is 6.92 Å². The second kappa shape index (κ2) is 9.49. The minimum atomic E-state index is -0.298. The summed E-state index contributed by atoms with van der Waals surface area (Å²) in [6.45, 7) is 6.93. The Hall–Kier alpha value is -3.27. The van der Waals surface area contributed by atoms with Gasteiger partial charge in [-0.15, -0.1) is 0 Å². The molecule has 0 unspecified atom stereocenters. The Kier molecular flexibility index (Phi) is 6.33. The SMILES string of the molecule is Cc1cc(N2CCOCC2)nc(NCCNC(=O)Nc2ccc3c(c2)OCCO3)n1. The number of benzene rings is 1. The number of anilines is 3. The molecule has 1 aromatic carbocycles. The lowest BCUT2D eigenvalue weighted by Crippen LogP contribution is -2.37. The number of nitrogens with zero attached hydrogens (tertiary/aromatic N) is 3. The quantitative estimate of drug-likeness (QED) is 0.612. The standard InChI is InChI=1S/C20H26N6O4/c1-14-12-18(26-6-8-28-9-7-26)25-19(23-14)21-4-5-22-20(27)24-15-2-3-16-17(13-15)30-11-10-29-16/h2-3,12-13H,4-11H2,1H3,(H,21,23,25)(H2,22,24,27). The van der Waals surface area contributed by atoms with E-state index in [-0.39, 0.29) is 6.03 Å². The van der Waals surface area contributed by atoms with Gasteiger partial charge in [-0.3, -0.25) is 0 Å². The molecular weight excluding hydrogens is 388 g/mol. The van der Waals surface area contributed by atoms with Crippen LogP contribution < -0.4 is 30.3 Å². The van der Waals surface area contributed by atoms with E-state index in [1.807, 2.05) is 13.0 Å². The molecule has 0 bridgehead atoms. The van der Waals surface area contributed by atoms with Crippen molar-refractivity contribution >= 4 is 23.5 Å². The highest BCUT2D eigenvalue weighted by Gasteiger charge is 2.15. The van der Waals surface area contributed by atoms with Crippen LogP contribution in [0, 0.1) is 6.92 Å². The molecule has 160 valence electrons. The van der Waals surface area contributed by atoms with E-state index in [4.69, 9.17) is 14.2 Å². The zero-order valence-electron chi connectivity index (χ0n) is 16.9. The molecule has 1 fully saturated rings. The molecule has 1 aromatic heterocycles. The predicted octanol–water partition coefficient (Wildman–Crippen LogP) is 1.63. The van der Waals surface area contributed by atoms with Crippen LogP contribution in [0.3, 0.4) is 0 Å². The smallest absolute Gasteiger partial charge is 0.319 e. The molecule has 0 aliphatic carbocycles. The summed E-state index contributed by atoms with van der Waals surface area (Å²) in [6.07, 6.45) is 0. The van der Waals surface area contributed by atoms with Crippen molar-refractivity contribution in [3.63, 3.8) is 0 Å². The van der Waals surface area contributed by atoms with E-state index in [2.05, 4.69) is 30.8 Å². The van der Waals surface area contributed by atoms with Gasteiger partial charge >= 0.3 is 6.03 Å². The van der Waals surface area contributed by atoms with E-state index in [9.17, 15) is 4.79 Å². The average Bonchev–Trinajstić information content (AvgIpc) is 2.77. The number of hydrogen-bond acceptors (Lipinski definition) is 8. The monoisotopic (exact) mass is 414 g/mol. The molecule has 0 atom stereocenters. The van der Waals surface area contributed by atoms with E-state index in [0.717, 1.165) is 24.6 Å². The van der Waals surface area contributed by atoms with Gasteiger partial charge in [0.25, 0.3) is 0 Å². The summed E-state index contributed by atoms with van der Waals surface area (Å²) in [5.41, 5.74) is 1.53. The first-order valence-corrected chi connectivity index (χ1v) is 10.0. The molecule has 30 heavy (non-hydrogen) atoms. The van der Waals surface area contributed by atoms with E-state index >= 15 is 0 Å². The van der Waals surface area contributed by atoms with Crippen LogP contribution >= 0.6 is 0 Å². The van der Waals surface area contributed by atoms with Crippen molar-refractivity contribution in [3.05, 3.63) is 30.0 Å². The van der Waals surface area contributed by atoms with Gasteiger partial charge < -0.3 is 35.1 Å². The number of urea groups is 1. The second-order valence-corrected chi connectivity index (χ2v) is 6.96. The highest BCUT2D eigenvalue weighted by molar-refractivity contribution is 5.89. The lowest BCUT2D eigenvalue weighted by molar-refractivity contribution is 0.122. The normalized spacial score (nSPS) is 15.4. The van der Waals surface area contributed by atoms with E-state index < -0.39 is 0 Å². The molecule has 10 heteroatoms. The first kappa shape index (κ1) is 20.0. The molecule has 2 aromatic rings. The van der Waals surface area contributed by atoms with Crippen molar-refractivity contribution in [2.75, 3.05) is 68.1 Å². The number of ether oxygens (including phenoxy) is 3. The van der Waals surface area contributed by atoms with E-state index in [1.165, 1.54) is 0 Å². The van der Waals surface area contributed by atoms with E-state index in [1.54, 1.807) is 18.2 Å². The Bertz CT molecular complexity index is 888. The second-order valence-electron chi connectivity index (χ2n) is 6.96. The van der Waals surface area contributed by atoms with Gasteiger partial charge in [0.15, 0.2) is 11.5 Å². The fourth-order valence-corrected chi connectivity index (χ4v) is 3.23. The lowest BCUT2D eigenvalue weighted by Gasteiger charge is -2.28. The molecule has 10 nitrogen and oxygen atoms in total.